The number of halogens is 1. The van der Waals surface area contributed by atoms with Gasteiger partial charge in [0, 0.05) is 18.7 Å². The molecular weight excluding hydrogens is 280 g/mol. The van der Waals surface area contributed by atoms with Gasteiger partial charge in [0.25, 0.3) is 0 Å². The molecule has 1 saturated heterocycles. The smallest absolute Gasteiger partial charge is 0.169 e. The van der Waals surface area contributed by atoms with Crippen molar-refractivity contribution in [2.24, 2.45) is 0 Å². The van der Waals surface area contributed by atoms with Gasteiger partial charge in [0.15, 0.2) is 11.5 Å². The molecule has 4 nitrogen and oxygen atoms in total. The SMILES string of the molecule is Brc1cccn2nc(CC3CCCCN3)nc12. The van der Waals surface area contributed by atoms with E-state index in [9.17, 15) is 0 Å². The molecule has 0 bridgehead atoms. The normalized spacial score (nSPS) is 20.9. The lowest BCUT2D eigenvalue weighted by molar-refractivity contribution is 0.394. The van der Waals surface area contributed by atoms with Crippen LogP contribution in [0.4, 0.5) is 0 Å². The molecule has 1 atom stereocenters. The minimum atomic E-state index is 0.542. The fourth-order valence-electron chi connectivity index (χ4n) is 2.32. The van der Waals surface area contributed by atoms with Crippen LogP contribution in [0, 0.1) is 0 Å². The quantitative estimate of drug-likeness (QED) is 0.923. The Bertz CT molecular complexity index is 516. The summed E-state index contributed by atoms with van der Waals surface area (Å²) in [6.45, 7) is 1.13. The molecule has 17 heavy (non-hydrogen) atoms. The largest absolute Gasteiger partial charge is 0.314 e. The Morgan fingerprint density at radius 2 is 2.41 bits per heavy atom. The Kier molecular flexibility index (Phi) is 3.11. The van der Waals surface area contributed by atoms with Gasteiger partial charge in [-0.2, -0.15) is 5.10 Å². The van der Waals surface area contributed by atoms with Gasteiger partial charge in [-0.3, -0.25) is 0 Å². The first-order valence-corrected chi connectivity index (χ1v) is 6.85. The van der Waals surface area contributed by atoms with Crippen LogP contribution in [0.2, 0.25) is 0 Å². The summed E-state index contributed by atoms with van der Waals surface area (Å²) in [5, 5.41) is 8.03. The van der Waals surface area contributed by atoms with Crippen molar-refractivity contribution in [2.45, 2.75) is 31.7 Å². The highest BCUT2D eigenvalue weighted by Crippen LogP contribution is 2.17. The van der Waals surface area contributed by atoms with E-state index >= 15 is 0 Å². The van der Waals surface area contributed by atoms with Crippen molar-refractivity contribution in [3.8, 4) is 0 Å². The van der Waals surface area contributed by atoms with Crippen LogP contribution in [0.1, 0.15) is 25.1 Å². The van der Waals surface area contributed by atoms with E-state index in [1.54, 1.807) is 0 Å². The third-order valence-corrected chi connectivity index (χ3v) is 3.82. The van der Waals surface area contributed by atoms with E-state index in [0.29, 0.717) is 6.04 Å². The molecule has 1 unspecified atom stereocenters. The summed E-state index contributed by atoms with van der Waals surface area (Å²) in [5.41, 5.74) is 0.901. The number of aromatic nitrogens is 3. The summed E-state index contributed by atoms with van der Waals surface area (Å²) < 4.78 is 2.83. The Labute approximate surface area is 109 Å². The van der Waals surface area contributed by atoms with Crippen molar-refractivity contribution in [3.63, 3.8) is 0 Å². The lowest BCUT2D eigenvalue weighted by Crippen LogP contribution is -2.35. The van der Waals surface area contributed by atoms with Gasteiger partial charge in [0.05, 0.1) is 4.47 Å². The van der Waals surface area contributed by atoms with Crippen molar-refractivity contribution in [1.29, 1.82) is 0 Å². The molecule has 0 saturated carbocycles. The number of nitrogens with one attached hydrogen (secondary N) is 1. The monoisotopic (exact) mass is 294 g/mol. The predicted molar refractivity (Wildman–Crippen MR) is 70.0 cm³/mol. The summed E-state index contributed by atoms with van der Waals surface area (Å²) in [5.74, 6) is 0.927. The first-order valence-electron chi connectivity index (χ1n) is 6.06. The van der Waals surface area contributed by atoms with Crippen LogP contribution >= 0.6 is 15.9 Å². The molecule has 5 heteroatoms. The molecule has 1 aliphatic heterocycles. The second-order valence-electron chi connectivity index (χ2n) is 4.50. The van der Waals surface area contributed by atoms with Gasteiger partial charge in [-0.15, -0.1) is 0 Å². The lowest BCUT2D eigenvalue weighted by Gasteiger charge is -2.21. The molecule has 2 aromatic heterocycles. The van der Waals surface area contributed by atoms with Crippen LogP contribution in [0.3, 0.4) is 0 Å². The highest BCUT2D eigenvalue weighted by Gasteiger charge is 2.16. The molecule has 1 N–H and O–H groups in total. The van der Waals surface area contributed by atoms with E-state index in [-0.39, 0.29) is 0 Å². The van der Waals surface area contributed by atoms with Crippen LogP contribution in [0.25, 0.3) is 5.65 Å². The van der Waals surface area contributed by atoms with Crippen molar-refractivity contribution in [3.05, 3.63) is 28.6 Å². The third kappa shape index (κ3) is 2.35. The van der Waals surface area contributed by atoms with Crippen LogP contribution in [0.5, 0.6) is 0 Å². The second-order valence-corrected chi connectivity index (χ2v) is 5.36. The van der Waals surface area contributed by atoms with Crippen LogP contribution in [0.15, 0.2) is 22.8 Å². The Morgan fingerprint density at radius 3 is 3.18 bits per heavy atom. The molecule has 2 aromatic rings. The maximum absolute atomic E-state index is 4.57. The summed E-state index contributed by atoms with van der Waals surface area (Å²) in [7, 11) is 0. The maximum Gasteiger partial charge on any atom is 0.169 e. The Morgan fingerprint density at radius 1 is 1.47 bits per heavy atom. The van der Waals surface area contributed by atoms with Crippen molar-refractivity contribution in [2.75, 3.05) is 6.54 Å². The molecule has 3 heterocycles. The maximum atomic E-state index is 4.57. The summed E-state index contributed by atoms with van der Waals surface area (Å²) in [6.07, 6.45) is 6.70. The van der Waals surface area contributed by atoms with Gasteiger partial charge < -0.3 is 5.32 Å². The summed E-state index contributed by atoms with van der Waals surface area (Å²) in [4.78, 5) is 4.57. The number of piperidine rings is 1. The first kappa shape index (κ1) is 11.2. The van der Waals surface area contributed by atoms with Gasteiger partial charge in [-0.25, -0.2) is 9.50 Å². The fraction of sp³-hybridized carbons (Fsp3) is 0.500. The molecule has 0 aliphatic carbocycles. The van der Waals surface area contributed by atoms with E-state index in [4.69, 9.17) is 0 Å². The Hall–Kier alpha value is -0.940. The number of fused-ring (bicyclic) bond motifs is 1. The minimum absolute atomic E-state index is 0.542. The zero-order valence-electron chi connectivity index (χ0n) is 9.56. The van der Waals surface area contributed by atoms with E-state index in [1.807, 2.05) is 22.8 Å². The molecular formula is C12H15BrN4. The minimum Gasteiger partial charge on any atom is -0.314 e. The standard InChI is InChI=1S/C12H15BrN4/c13-10-5-3-7-17-12(10)15-11(16-17)8-9-4-1-2-6-14-9/h3,5,7,9,14H,1-2,4,6,8H2. The fourth-order valence-corrected chi connectivity index (χ4v) is 2.75. The summed E-state index contributed by atoms with van der Waals surface area (Å²) in [6, 6.07) is 4.50. The van der Waals surface area contributed by atoms with Gasteiger partial charge in [-0.05, 0) is 47.4 Å². The van der Waals surface area contributed by atoms with Gasteiger partial charge in [-0.1, -0.05) is 6.42 Å². The molecule has 0 radical (unpaired) electrons. The summed E-state index contributed by atoms with van der Waals surface area (Å²) >= 11 is 3.50. The van der Waals surface area contributed by atoms with Crippen LogP contribution in [-0.2, 0) is 6.42 Å². The number of nitrogens with zero attached hydrogens (tertiary/aromatic N) is 3. The van der Waals surface area contributed by atoms with E-state index < -0.39 is 0 Å². The van der Waals surface area contributed by atoms with Crippen molar-refractivity contribution >= 4 is 21.6 Å². The molecule has 1 fully saturated rings. The molecule has 0 spiro atoms. The van der Waals surface area contributed by atoms with Gasteiger partial charge in [0.2, 0.25) is 0 Å². The molecule has 0 aromatic carbocycles. The van der Waals surface area contributed by atoms with Crippen molar-refractivity contribution < 1.29 is 0 Å². The number of rotatable bonds is 2. The average Bonchev–Trinajstić information content (AvgIpc) is 2.74. The van der Waals surface area contributed by atoms with E-state index in [2.05, 4.69) is 31.3 Å². The zero-order chi connectivity index (χ0) is 11.7. The van der Waals surface area contributed by atoms with E-state index in [0.717, 1.165) is 28.9 Å². The topological polar surface area (TPSA) is 42.2 Å². The zero-order valence-corrected chi connectivity index (χ0v) is 11.2. The molecule has 0 amide bonds. The van der Waals surface area contributed by atoms with Gasteiger partial charge >= 0.3 is 0 Å². The van der Waals surface area contributed by atoms with E-state index in [1.165, 1.54) is 19.3 Å². The highest BCUT2D eigenvalue weighted by atomic mass is 79.9. The van der Waals surface area contributed by atoms with Crippen LogP contribution < -0.4 is 5.32 Å². The second kappa shape index (κ2) is 4.74. The van der Waals surface area contributed by atoms with Gasteiger partial charge in [0.1, 0.15) is 0 Å². The average molecular weight is 295 g/mol. The van der Waals surface area contributed by atoms with Crippen molar-refractivity contribution in [1.82, 2.24) is 19.9 Å². The molecule has 1 aliphatic rings. The lowest BCUT2D eigenvalue weighted by atomic mass is 10.0. The number of hydrogen-bond acceptors (Lipinski definition) is 3. The number of pyridine rings is 1. The third-order valence-electron chi connectivity index (χ3n) is 3.20. The molecule has 3 rings (SSSR count). The van der Waals surface area contributed by atoms with Crippen LogP contribution in [-0.4, -0.2) is 27.2 Å². The first-order chi connectivity index (χ1) is 8.33. The predicted octanol–water partition coefficient (Wildman–Crippen LogP) is 2.18. The molecule has 90 valence electrons. The highest BCUT2D eigenvalue weighted by molar-refractivity contribution is 9.10. The Balaban J connectivity index is 1.83. The number of hydrogen-bond donors (Lipinski definition) is 1.